The molecule has 0 aliphatic rings. The maximum absolute atomic E-state index is 12.5. The van der Waals surface area contributed by atoms with Crippen molar-refractivity contribution in [3.8, 4) is 28.4 Å². The molecule has 0 spiro atoms. The fourth-order valence-electron chi connectivity index (χ4n) is 3.22. The third-order valence-corrected chi connectivity index (χ3v) is 4.32. The average molecular weight is 392 g/mol. The number of carbonyl (C=O) groups excluding carboxylic acids is 1. The summed E-state index contributed by atoms with van der Waals surface area (Å²) in [4.78, 5) is 15.7. The molecule has 0 saturated heterocycles. The molecule has 1 aromatic carbocycles. The summed E-state index contributed by atoms with van der Waals surface area (Å²) in [6, 6.07) is 3.65. The van der Waals surface area contributed by atoms with Crippen LogP contribution in [0.1, 0.15) is 28.7 Å². The van der Waals surface area contributed by atoms with Crippen LogP contribution in [0.2, 0.25) is 0 Å². The number of nitrogens with one attached hydrogen (secondary N) is 1. The summed E-state index contributed by atoms with van der Waals surface area (Å²) < 4.78 is 27.1. The molecule has 2 rings (SSSR count). The van der Waals surface area contributed by atoms with Crippen molar-refractivity contribution in [2.24, 2.45) is 5.73 Å². The van der Waals surface area contributed by atoms with Crippen molar-refractivity contribution in [3.63, 3.8) is 0 Å². The van der Waals surface area contributed by atoms with Gasteiger partial charge in [-0.25, -0.2) is 4.79 Å². The Morgan fingerprint density at radius 1 is 1.07 bits per heavy atom. The maximum Gasteiger partial charge on any atom is 0.355 e. The van der Waals surface area contributed by atoms with E-state index in [0.717, 1.165) is 16.8 Å². The molecule has 0 radical (unpaired) electrons. The predicted molar refractivity (Wildman–Crippen MR) is 105 cm³/mol. The number of carbonyl (C=O) groups is 1. The summed E-state index contributed by atoms with van der Waals surface area (Å²) in [5, 5.41) is 0. The van der Waals surface area contributed by atoms with Gasteiger partial charge < -0.3 is 34.4 Å². The van der Waals surface area contributed by atoms with Crippen LogP contribution in [0.15, 0.2) is 12.1 Å². The molecular formula is C20H28N2O6. The lowest BCUT2D eigenvalue weighted by Gasteiger charge is -2.17. The Morgan fingerprint density at radius 2 is 1.79 bits per heavy atom. The SMILES string of the molecule is CCOC(=O)c1[nH]c(CCN)c(-c2ccc(OC)c(OC)c2OC)c1COC. The van der Waals surface area contributed by atoms with E-state index in [1.807, 2.05) is 6.07 Å². The highest BCUT2D eigenvalue weighted by atomic mass is 16.5. The van der Waals surface area contributed by atoms with Crippen LogP contribution in [-0.2, 0) is 22.5 Å². The molecule has 2 aromatic rings. The first-order valence-electron chi connectivity index (χ1n) is 8.96. The molecule has 3 N–H and O–H groups in total. The van der Waals surface area contributed by atoms with E-state index in [1.54, 1.807) is 41.4 Å². The minimum atomic E-state index is -0.446. The third-order valence-electron chi connectivity index (χ3n) is 4.32. The molecule has 8 heteroatoms. The summed E-state index contributed by atoms with van der Waals surface area (Å²) in [6.45, 7) is 2.64. The second kappa shape index (κ2) is 10.0. The summed E-state index contributed by atoms with van der Waals surface area (Å²) in [7, 11) is 6.23. The Bertz CT molecular complexity index is 816. The number of hydrogen-bond acceptors (Lipinski definition) is 7. The number of ether oxygens (including phenoxy) is 5. The molecule has 8 nitrogen and oxygen atoms in total. The Kier molecular flexibility index (Phi) is 7.71. The summed E-state index contributed by atoms with van der Waals surface area (Å²) in [6.07, 6.45) is 0.531. The van der Waals surface area contributed by atoms with Gasteiger partial charge in [-0.1, -0.05) is 0 Å². The summed E-state index contributed by atoms with van der Waals surface area (Å²) >= 11 is 0. The Balaban J connectivity index is 2.81. The van der Waals surface area contributed by atoms with E-state index in [1.165, 1.54) is 0 Å². The molecule has 0 amide bonds. The van der Waals surface area contributed by atoms with Crippen LogP contribution in [0.5, 0.6) is 17.2 Å². The van der Waals surface area contributed by atoms with Crippen molar-refractivity contribution in [1.29, 1.82) is 0 Å². The zero-order valence-electron chi connectivity index (χ0n) is 17.0. The predicted octanol–water partition coefficient (Wildman–Crippen LogP) is 2.53. The summed E-state index contributed by atoms with van der Waals surface area (Å²) in [5.41, 5.74) is 9.14. The smallest absolute Gasteiger partial charge is 0.355 e. The second-order valence-electron chi connectivity index (χ2n) is 5.91. The van der Waals surface area contributed by atoms with Crippen molar-refractivity contribution < 1.29 is 28.5 Å². The van der Waals surface area contributed by atoms with Crippen molar-refractivity contribution in [2.75, 3.05) is 41.6 Å². The highest BCUT2D eigenvalue weighted by Crippen LogP contribution is 2.46. The van der Waals surface area contributed by atoms with Crippen molar-refractivity contribution >= 4 is 5.97 Å². The number of esters is 1. The zero-order chi connectivity index (χ0) is 20.7. The van der Waals surface area contributed by atoms with Gasteiger partial charge in [0.15, 0.2) is 11.5 Å². The first-order chi connectivity index (χ1) is 13.6. The molecule has 0 fully saturated rings. The van der Waals surface area contributed by atoms with Crippen molar-refractivity contribution in [2.45, 2.75) is 20.0 Å². The van der Waals surface area contributed by atoms with Gasteiger partial charge in [0.2, 0.25) is 5.75 Å². The van der Waals surface area contributed by atoms with E-state index in [-0.39, 0.29) is 13.2 Å². The third kappa shape index (κ3) is 4.07. The van der Waals surface area contributed by atoms with Gasteiger partial charge in [0.05, 0.1) is 34.5 Å². The number of methoxy groups -OCH3 is 4. The lowest BCUT2D eigenvalue weighted by Crippen LogP contribution is -2.09. The molecule has 0 saturated carbocycles. The van der Waals surface area contributed by atoms with Gasteiger partial charge in [-0.05, 0) is 25.6 Å². The molecular weight excluding hydrogens is 364 g/mol. The molecule has 0 aliphatic carbocycles. The molecule has 0 atom stereocenters. The lowest BCUT2D eigenvalue weighted by molar-refractivity contribution is 0.0515. The van der Waals surface area contributed by atoms with Gasteiger partial charge in [0, 0.05) is 35.9 Å². The minimum absolute atomic E-state index is 0.210. The number of H-pyrrole nitrogens is 1. The first-order valence-corrected chi connectivity index (χ1v) is 8.96. The van der Waals surface area contributed by atoms with Gasteiger partial charge in [-0.15, -0.1) is 0 Å². The van der Waals surface area contributed by atoms with Gasteiger partial charge in [0.25, 0.3) is 0 Å². The monoisotopic (exact) mass is 392 g/mol. The van der Waals surface area contributed by atoms with E-state index < -0.39 is 5.97 Å². The number of aromatic amines is 1. The van der Waals surface area contributed by atoms with E-state index in [9.17, 15) is 4.79 Å². The van der Waals surface area contributed by atoms with Gasteiger partial charge >= 0.3 is 5.97 Å². The molecule has 154 valence electrons. The first kappa shape index (κ1) is 21.6. The van der Waals surface area contributed by atoms with E-state index in [2.05, 4.69) is 4.98 Å². The van der Waals surface area contributed by atoms with Crippen molar-refractivity contribution in [1.82, 2.24) is 4.98 Å². The fraction of sp³-hybridized carbons (Fsp3) is 0.450. The van der Waals surface area contributed by atoms with Gasteiger partial charge in [-0.2, -0.15) is 0 Å². The molecule has 1 aromatic heterocycles. The van der Waals surface area contributed by atoms with Crippen LogP contribution >= 0.6 is 0 Å². The Morgan fingerprint density at radius 3 is 2.32 bits per heavy atom. The van der Waals surface area contributed by atoms with Crippen LogP contribution in [0.4, 0.5) is 0 Å². The van der Waals surface area contributed by atoms with Gasteiger partial charge in [0.1, 0.15) is 5.69 Å². The lowest BCUT2D eigenvalue weighted by atomic mass is 9.97. The standard InChI is InChI=1S/C20H28N2O6/c1-6-28-20(23)17-13(11-24-2)16(14(22-17)9-10-21)12-7-8-15(25-3)19(27-5)18(12)26-4/h7-8,22H,6,9-11,21H2,1-5H3. The van der Waals surface area contributed by atoms with Crippen LogP contribution in [-0.4, -0.2) is 52.5 Å². The zero-order valence-corrected chi connectivity index (χ0v) is 17.0. The molecule has 0 bridgehead atoms. The number of benzene rings is 1. The van der Waals surface area contributed by atoms with Crippen LogP contribution in [0, 0.1) is 0 Å². The number of aromatic nitrogens is 1. The molecule has 28 heavy (non-hydrogen) atoms. The highest BCUT2D eigenvalue weighted by molar-refractivity contribution is 5.94. The quantitative estimate of drug-likeness (QED) is 0.599. The maximum atomic E-state index is 12.5. The van der Waals surface area contributed by atoms with Crippen LogP contribution in [0.25, 0.3) is 11.1 Å². The van der Waals surface area contributed by atoms with E-state index in [0.29, 0.717) is 41.5 Å². The Hall–Kier alpha value is -2.71. The van der Waals surface area contributed by atoms with Crippen molar-refractivity contribution in [3.05, 3.63) is 29.1 Å². The average Bonchev–Trinajstić information content (AvgIpc) is 3.05. The number of rotatable bonds is 10. The molecule has 0 unspecified atom stereocenters. The minimum Gasteiger partial charge on any atom is -0.493 e. The van der Waals surface area contributed by atoms with Gasteiger partial charge in [-0.3, -0.25) is 0 Å². The second-order valence-corrected chi connectivity index (χ2v) is 5.91. The van der Waals surface area contributed by atoms with Crippen LogP contribution < -0.4 is 19.9 Å². The fourth-order valence-corrected chi connectivity index (χ4v) is 3.22. The molecule has 0 aliphatic heterocycles. The largest absolute Gasteiger partial charge is 0.493 e. The normalized spacial score (nSPS) is 10.6. The van der Waals surface area contributed by atoms with E-state index in [4.69, 9.17) is 29.4 Å². The molecule has 1 heterocycles. The van der Waals surface area contributed by atoms with Crippen LogP contribution in [0.3, 0.4) is 0 Å². The van der Waals surface area contributed by atoms with E-state index >= 15 is 0 Å². The Labute approximate surface area is 164 Å². The summed E-state index contributed by atoms with van der Waals surface area (Å²) in [5.74, 6) is 1.05. The number of nitrogens with two attached hydrogens (primary N) is 1. The number of hydrogen-bond donors (Lipinski definition) is 2. The highest BCUT2D eigenvalue weighted by Gasteiger charge is 2.27. The topological polar surface area (TPSA) is 105 Å².